The first kappa shape index (κ1) is 15.8. The van der Waals surface area contributed by atoms with Gasteiger partial charge in [0, 0.05) is 20.1 Å². The molecule has 0 aliphatic rings. The number of nitrogens with one attached hydrogen (secondary N) is 1. The van der Waals surface area contributed by atoms with Gasteiger partial charge in [-0.15, -0.1) is 0 Å². The van der Waals surface area contributed by atoms with Gasteiger partial charge in [0.05, 0.1) is 11.9 Å². The molecule has 0 saturated carbocycles. The maximum atomic E-state index is 4.42. The minimum atomic E-state index is 0.522. The standard InChI is InChI=1S/C16H29N3/c1-5-6-7-8-9-10-14(2)18-15-11-12-16(17-13-15)19(3)4/h11-14,18H,5-10H2,1-4H3. The van der Waals surface area contributed by atoms with Crippen LogP contribution >= 0.6 is 0 Å². The Balaban J connectivity index is 2.26. The van der Waals surface area contributed by atoms with E-state index >= 15 is 0 Å². The summed E-state index contributed by atoms with van der Waals surface area (Å²) in [6.07, 6.45) is 9.90. The quantitative estimate of drug-likeness (QED) is 0.673. The van der Waals surface area contributed by atoms with Crippen molar-refractivity contribution in [2.75, 3.05) is 24.3 Å². The van der Waals surface area contributed by atoms with E-state index in [1.165, 1.54) is 38.5 Å². The molecule has 108 valence electrons. The number of aromatic nitrogens is 1. The molecule has 0 spiro atoms. The van der Waals surface area contributed by atoms with Crippen LogP contribution in [-0.4, -0.2) is 25.1 Å². The lowest BCUT2D eigenvalue weighted by molar-refractivity contribution is 0.578. The summed E-state index contributed by atoms with van der Waals surface area (Å²) in [7, 11) is 4.02. The molecule has 0 radical (unpaired) electrons. The van der Waals surface area contributed by atoms with E-state index in [4.69, 9.17) is 0 Å². The zero-order valence-electron chi connectivity index (χ0n) is 12.9. The first-order valence-corrected chi connectivity index (χ1v) is 7.53. The molecule has 1 rings (SSSR count). The van der Waals surface area contributed by atoms with Crippen molar-refractivity contribution < 1.29 is 0 Å². The highest BCUT2D eigenvalue weighted by atomic mass is 15.1. The van der Waals surface area contributed by atoms with Gasteiger partial charge in [-0.05, 0) is 25.5 Å². The minimum Gasteiger partial charge on any atom is -0.381 e. The molecule has 1 aromatic heterocycles. The van der Waals surface area contributed by atoms with Crippen LogP contribution in [0.5, 0.6) is 0 Å². The van der Waals surface area contributed by atoms with Gasteiger partial charge in [-0.2, -0.15) is 0 Å². The summed E-state index contributed by atoms with van der Waals surface area (Å²) < 4.78 is 0. The lowest BCUT2D eigenvalue weighted by Crippen LogP contribution is -2.15. The second-order valence-electron chi connectivity index (χ2n) is 5.55. The highest BCUT2D eigenvalue weighted by Gasteiger charge is 2.03. The summed E-state index contributed by atoms with van der Waals surface area (Å²) in [6.45, 7) is 4.51. The lowest BCUT2D eigenvalue weighted by atomic mass is 10.1. The predicted molar refractivity (Wildman–Crippen MR) is 85.0 cm³/mol. The normalized spacial score (nSPS) is 12.2. The fourth-order valence-corrected chi connectivity index (χ4v) is 2.15. The molecule has 0 aromatic carbocycles. The fraction of sp³-hybridized carbons (Fsp3) is 0.688. The molecule has 1 aromatic rings. The summed E-state index contributed by atoms with van der Waals surface area (Å²) in [6, 6.07) is 4.68. The van der Waals surface area contributed by atoms with Crippen molar-refractivity contribution in [3.05, 3.63) is 18.3 Å². The van der Waals surface area contributed by atoms with Crippen LogP contribution in [0.3, 0.4) is 0 Å². The second-order valence-corrected chi connectivity index (χ2v) is 5.55. The van der Waals surface area contributed by atoms with Crippen molar-refractivity contribution in [3.8, 4) is 0 Å². The third-order valence-electron chi connectivity index (χ3n) is 3.36. The highest BCUT2D eigenvalue weighted by Crippen LogP contribution is 2.15. The minimum absolute atomic E-state index is 0.522. The fourth-order valence-electron chi connectivity index (χ4n) is 2.15. The zero-order valence-corrected chi connectivity index (χ0v) is 12.9. The molecule has 0 aliphatic carbocycles. The highest BCUT2D eigenvalue weighted by molar-refractivity contribution is 5.48. The number of rotatable bonds is 9. The Labute approximate surface area is 118 Å². The molecule has 0 fully saturated rings. The van der Waals surface area contributed by atoms with Crippen LogP contribution in [-0.2, 0) is 0 Å². The van der Waals surface area contributed by atoms with E-state index < -0.39 is 0 Å². The molecule has 1 heterocycles. The Morgan fingerprint density at radius 1 is 1.16 bits per heavy atom. The maximum absolute atomic E-state index is 4.42. The predicted octanol–water partition coefficient (Wildman–Crippen LogP) is 4.31. The monoisotopic (exact) mass is 263 g/mol. The average Bonchev–Trinajstić information content (AvgIpc) is 2.39. The van der Waals surface area contributed by atoms with Gasteiger partial charge in [0.1, 0.15) is 5.82 Å². The van der Waals surface area contributed by atoms with E-state index in [1.54, 1.807) is 0 Å². The molecule has 1 atom stereocenters. The number of nitrogens with zero attached hydrogens (tertiary/aromatic N) is 2. The summed E-state index contributed by atoms with van der Waals surface area (Å²) in [5.41, 5.74) is 1.12. The van der Waals surface area contributed by atoms with Crippen molar-refractivity contribution in [2.45, 2.75) is 58.4 Å². The first-order valence-electron chi connectivity index (χ1n) is 7.53. The number of pyridine rings is 1. The summed E-state index contributed by atoms with van der Waals surface area (Å²) in [5, 5.41) is 3.52. The number of unbranched alkanes of at least 4 members (excludes halogenated alkanes) is 4. The van der Waals surface area contributed by atoms with Crippen molar-refractivity contribution in [1.29, 1.82) is 0 Å². The number of hydrogen-bond acceptors (Lipinski definition) is 3. The molecule has 1 N–H and O–H groups in total. The summed E-state index contributed by atoms with van der Waals surface area (Å²) in [4.78, 5) is 6.43. The maximum Gasteiger partial charge on any atom is 0.128 e. The van der Waals surface area contributed by atoms with Gasteiger partial charge in [0.25, 0.3) is 0 Å². The Bertz CT molecular complexity index is 332. The zero-order chi connectivity index (χ0) is 14.1. The smallest absolute Gasteiger partial charge is 0.128 e. The van der Waals surface area contributed by atoms with Crippen molar-refractivity contribution in [2.24, 2.45) is 0 Å². The van der Waals surface area contributed by atoms with Gasteiger partial charge in [-0.3, -0.25) is 0 Å². The average molecular weight is 263 g/mol. The van der Waals surface area contributed by atoms with Gasteiger partial charge in [0.15, 0.2) is 0 Å². The Hall–Kier alpha value is -1.25. The van der Waals surface area contributed by atoms with Gasteiger partial charge in [-0.25, -0.2) is 4.98 Å². The second kappa shape index (κ2) is 8.78. The SMILES string of the molecule is CCCCCCCC(C)Nc1ccc(N(C)C)nc1. The largest absolute Gasteiger partial charge is 0.381 e. The van der Waals surface area contributed by atoms with E-state index in [0.717, 1.165) is 11.5 Å². The van der Waals surface area contributed by atoms with Crippen LogP contribution in [0, 0.1) is 0 Å². The molecule has 3 nitrogen and oxygen atoms in total. The van der Waals surface area contributed by atoms with Gasteiger partial charge in [0.2, 0.25) is 0 Å². The molecule has 19 heavy (non-hydrogen) atoms. The summed E-state index contributed by atoms with van der Waals surface area (Å²) in [5.74, 6) is 0.998. The Morgan fingerprint density at radius 2 is 1.89 bits per heavy atom. The van der Waals surface area contributed by atoms with E-state index in [-0.39, 0.29) is 0 Å². The van der Waals surface area contributed by atoms with Crippen LogP contribution in [0.15, 0.2) is 18.3 Å². The first-order chi connectivity index (χ1) is 9.13. The molecular weight excluding hydrogens is 234 g/mol. The molecule has 1 unspecified atom stereocenters. The molecule has 0 amide bonds. The van der Waals surface area contributed by atoms with E-state index in [9.17, 15) is 0 Å². The van der Waals surface area contributed by atoms with E-state index in [0.29, 0.717) is 6.04 Å². The van der Waals surface area contributed by atoms with Crippen LogP contribution in [0.4, 0.5) is 11.5 Å². The third kappa shape index (κ3) is 6.46. The molecule has 0 bridgehead atoms. The molecular formula is C16H29N3. The van der Waals surface area contributed by atoms with Crippen LogP contribution in [0.2, 0.25) is 0 Å². The molecule has 0 aliphatic heterocycles. The van der Waals surface area contributed by atoms with Crippen LogP contribution < -0.4 is 10.2 Å². The van der Waals surface area contributed by atoms with Crippen LogP contribution in [0.1, 0.15) is 52.4 Å². The Morgan fingerprint density at radius 3 is 2.47 bits per heavy atom. The van der Waals surface area contributed by atoms with Gasteiger partial charge >= 0.3 is 0 Å². The topological polar surface area (TPSA) is 28.2 Å². The van der Waals surface area contributed by atoms with Crippen molar-refractivity contribution >= 4 is 11.5 Å². The van der Waals surface area contributed by atoms with Gasteiger partial charge < -0.3 is 10.2 Å². The summed E-state index contributed by atoms with van der Waals surface area (Å²) >= 11 is 0. The Kier molecular flexibility index (Phi) is 7.31. The van der Waals surface area contributed by atoms with E-state index in [1.807, 2.05) is 25.2 Å². The van der Waals surface area contributed by atoms with Crippen LogP contribution in [0.25, 0.3) is 0 Å². The third-order valence-corrected chi connectivity index (χ3v) is 3.36. The van der Waals surface area contributed by atoms with Crippen molar-refractivity contribution in [1.82, 2.24) is 4.98 Å². The lowest BCUT2D eigenvalue weighted by Gasteiger charge is -2.16. The van der Waals surface area contributed by atoms with Crippen molar-refractivity contribution in [3.63, 3.8) is 0 Å². The van der Waals surface area contributed by atoms with Gasteiger partial charge in [-0.1, -0.05) is 39.0 Å². The van der Waals surface area contributed by atoms with E-state index in [2.05, 4.69) is 36.3 Å². The molecule has 0 saturated heterocycles. The molecule has 3 heteroatoms. The number of hydrogen-bond donors (Lipinski definition) is 1. The number of anilines is 2.